The molecule has 1 amide bonds. The van der Waals surface area contributed by atoms with Crippen molar-refractivity contribution >= 4 is 16.3 Å². The number of aliphatic hydroxyl groups is 5. The Balaban J connectivity index is 2.21. The van der Waals surface area contributed by atoms with Crippen LogP contribution in [0, 0.1) is 0 Å². The Morgan fingerprint density at radius 3 is 1.54 bits per heavy atom. The highest BCUT2D eigenvalue weighted by molar-refractivity contribution is 7.80. The highest BCUT2D eigenvalue weighted by atomic mass is 32.3. The second kappa shape index (κ2) is 43.8. The maximum atomic E-state index is 13.1. The van der Waals surface area contributed by atoms with Crippen LogP contribution in [-0.4, -0.2) is 107 Å². The Morgan fingerprint density at radius 2 is 1.06 bits per heavy atom. The van der Waals surface area contributed by atoms with Crippen molar-refractivity contribution < 1.29 is 57.0 Å². The lowest BCUT2D eigenvalue weighted by molar-refractivity contribution is -0.298. The monoisotopic (exact) mass is 986 g/mol. The summed E-state index contributed by atoms with van der Waals surface area (Å²) in [6.07, 6.45) is 44.2. The van der Waals surface area contributed by atoms with Gasteiger partial charge in [0.15, 0.2) is 6.29 Å². The smallest absolute Gasteiger partial charge is 0.394 e. The molecule has 14 heteroatoms. The number of carbonyl (C=O) groups excluding carboxylic acids is 1. The Bertz CT molecular complexity index is 1410. The first-order valence-electron chi connectivity index (χ1n) is 27.1. The van der Waals surface area contributed by atoms with E-state index in [1.54, 1.807) is 6.08 Å². The molecule has 68 heavy (non-hydrogen) atoms. The van der Waals surface area contributed by atoms with E-state index in [1.165, 1.54) is 154 Å². The van der Waals surface area contributed by atoms with E-state index in [4.69, 9.17) is 14.0 Å². The van der Waals surface area contributed by atoms with Crippen LogP contribution in [0.2, 0.25) is 0 Å². The molecule has 398 valence electrons. The van der Waals surface area contributed by atoms with Crippen molar-refractivity contribution in [2.75, 3.05) is 13.2 Å². The van der Waals surface area contributed by atoms with Crippen LogP contribution in [0.1, 0.15) is 226 Å². The van der Waals surface area contributed by atoms with E-state index >= 15 is 0 Å². The minimum Gasteiger partial charge on any atom is -0.394 e. The minimum absolute atomic E-state index is 0.236. The lowest BCUT2D eigenvalue weighted by Crippen LogP contribution is -2.61. The van der Waals surface area contributed by atoms with Gasteiger partial charge in [0.25, 0.3) is 0 Å². The van der Waals surface area contributed by atoms with Gasteiger partial charge in [-0.3, -0.25) is 9.35 Å². The second-order valence-corrected chi connectivity index (χ2v) is 20.0. The topological polar surface area (TPSA) is 212 Å². The molecule has 0 aromatic carbocycles. The highest BCUT2D eigenvalue weighted by Crippen LogP contribution is 2.26. The van der Waals surface area contributed by atoms with Gasteiger partial charge in [0.05, 0.1) is 25.4 Å². The summed E-state index contributed by atoms with van der Waals surface area (Å²) in [7, 11) is -5.12. The van der Waals surface area contributed by atoms with Gasteiger partial charge in [0, 0.05) is 0 Å². The Morgan fingerprint density at radius 1 is 0.603 bits per heavy atom. The van der Waals surface area contributed by atoms with Crippen LogP contribution in [0.3, 0.4) is 0 Å². The number of hydrogen-bond acceptors (Lipinski definition) is 11. The molecular formula is C54H99NO12S. The van der Waals surface area contributed by atoms with Crippen LogP contribution < -0.4 is 5.32 Å². The maximum Gasteiger partial charge on any atom is 0.397 e. The van der Waals surface area contributed by atoms with Gasteiger partial charge >= 0.3 is 10.4 Å². The Hall–Kier alpha value is -1.98. The van der Waals surface area contributed by atoms with Gasteiger partial charge in [-0.2, -0.15) is 8.42 Å². The summed E-state index contributed by atoms with van der Waals surface area (Å²) in [5.74, 6) is -0.716. The van der Waals surface area contributed by atoms with Gasteiger partial charge in [-0.05, 0) is 57.8 Å². The average Bonchev–Trinajstić information content (AvgIpc) is 3.31. The first-order chi connectivity index (χ1) is 32.9. The van der Waals surface area contributed by atoms with Gasteiger partial charge in [0.2, 0.25) is 5.91 Å². The number of ether oxygens (including phenoxy) is 2. The van der Waals surface area contributed by atoms with Crippen molar-refractivity contribution in [3.63, 3.8) is 0 Å². The number of amides is 1. The first kappa shape index (κ1) is 64.0. The molecule has 0 radical (unpaired) electrons. The van der Waals surface area contributed by atoms with Crippen LogP contribution in [0.5, 0.6) is 0 Å². The summed E-state index contributed by atoms with van der Waals surface area (Å²) in [6, 6.07) is -1.13. The molecule has 0 saturated carbocycles. The second-order valence-electron chi connectivity index (χ2n) is 18.9. The molecule has 13 nitrogen and oxygen atoms in total. The highest BCUT2D eigenvalue weighted by Gasteiger charge is 2.48. The van der Waals surface area contributed by atoms with Crippen molar-refractivity contribution in [1.29, 1.82) is 0 Å². The number of rotatable bonds is 46. The van der Waals surface area contributed by atoms with E-state index in [-0.39, 0.29) is 6.42 Å². The third-order valence-electron chi connectivity index (χ3n) is 12.7. The van der Waals surface area contributed by atoms with Crippen molar-refractivity contribution in [2.45, 2.75) is 275 Å². The molecule has 0 aromatic rings. The Labute approximate surface area is 413 Å². The SMILES string of the molecule is CCC/C=C/CC/C=C/C(O)C(COC1OC(CO)C(O)C(OS(=O)(=O)O)C1O)NC(=O)C(O)CCCCCCCCCCCCCCCCCC/C=C\C/C=C\CCCCCCCCCCC. The zero-order valence-electron chi connectivity index (χ0n) is 42.5. The van der Waals surface area contributed by atoms with Crippen molar-refractivity contribution in [3.8, 4) is 0 Å². The van der Waals surface area contributed by atoms with Gasteiger partial charge in [-0.1, -0.05) is 217 Å². The van der Waals surface area contributed by atoms with Crippen LogP contribution >= 0.6 is 0 Å². The molecule has 0 aromatic heterocycles. The van der Waals surface area contributed by atoms with Crippen LogP contribution in [0.15, 0.2) is 48.6 Å². The van der Waals surface area contributed by atoms with Crippen molar-refractivity contribution in [2.24, 2.45) is 0 Å². The quantitative estimate of drug-likeness (QED) is 0.0172. The number of unbranched alkanes of at least 4 members (excludes halogenated alkanes) is 27. The number of aliphatic hydroxyl groups excluding tert-OH is 5. The van der Waals surface area contributed by atoms with Gasteiger partial charge in [-0.15, -0.1) is 0 Å². The summed E-state index contributed by atoms with van der Waals surface area (Å²) in [5.41, 5.74) is 0. The summed E-state index contributed by atoms with van der Waals surface area (Å²) < 4.78 is 47.4. The zero-order chi connectivity index (χ0) is 49.9. The fraction of sp³-hybridized carbons (Fsp3) is 0.833. The van der Waals surface area contributed by atoms with Crippen LogP contribution in [-0.2, 0) is 28.9 Å². The molecule has 1 fully saturated rings. The number of allylic oxidation sites excluding steroid dienone is 7. The predicted octanol–water partition coefficient (Wildman–Crippen LogP) is 11.0. The molecule has 8 unspecified atom stereocenters. The molecule has 1 aliphatic heterocycles. The molecule has 0 bridgehead atoms. The fourth-order valence-corrected chi connectivity index (χ4v) is 8.91. The summed E-state index contributed by atoms with van der Waals surface area (Å²) in [5, 5.41) is 55.0. The first-order valence-corrected chi connectivity index (χ1v) is 28.5. The minimum atomic E-state index is -5.12. The van der Waals surface area contributed by atoms with Gasteiger partial charge in [-0.25, -0.2) is 4.18 Å². The number of nitrogens with one attached hydrogen (secondary N) is 1. The lowest BCUT2D eigenvalue weighted by atomic mass is 9.99. The third-order valence-corrected chi connectivity index (χ3v) is 13.1. The largest absolute Gasteiger partial charge is 0.397 e. The lowest BCUT2D eigenvalue weighted by Gasteiger charge is -2.41. The van der Waals surface area contributed by atoms with E-state index in [0.29, 0.717) is 12.8 Å². The summed E-state index contributed by atoms with van der Waals surface area (Å²) in [6.45, 7) is 3.08. The Kier molecular flexibility index (Phi) is 41.2. The normalized spacial score (nSPS) is 20.6. The zero-order valence-corrected chi connectivity index (χ0v) is 43.3. The van der Waals surface area contributed by atoms with Gasteiger partial charge < -0.3 is 40.3 Å². The van der Waals surface area contributed by atoms with E-state index in [9.17, 15) is 38.7 Å². The molecule has 1 heterocycles. The van der Waals surface area contributed by atoms with E-state index in [1.807, 2.05) is 6.08 Å². The van der Waals surface area contributed by atoms with E-state index in [2.05, 4.69) is 53.7 Å². The molecule has 1 aliphatic rings. The van der Waals surface area contributed by atoms with E-state index in [0.717, 1.165) is 44.9 Å². The molecular weight excluding hydrogens is 887 g/mol. The van der Waals surface area contributed by atoms with E-state index < -0.39 is 78.5 Å². The standard InChI is InChI=1S/C54H99NO12S/c1-3-5-7-9-11-12-13-14-15-16-17-18-19-20-21-22-23-24-25-26-27-28-29-30-31-32-33-34-35-37-39-41-43-48(58)53(61)55-46(47(57)42-40-38-36-10-8-6-4-2)45-65-54-51(60)52(67-68(62,63)64)50(59)49(44-56)66-54/h8,10,17-18,20-21,40,42,46-52,54,56-60H,3-7,9,11-16,19,22-39,41,43-45H2,1-2H3,(H,55,61)(H,62,63,64)/b10-8+,18-17-,21-20-,42-40+. The van der Waals surface area contributed by atoms with Crippen molar-refractivity contribution in [1.82, 2.24) is 5.32 Å². The molecule has 8 atom stereocenters. The molecule has 1 saturated heterocycles. The summed E-state index contributed by atoms with van der Waals surface area (Å²) >= 11 is 0. The molecule has 7 N–H and O–H groups in total. The number of hydrogen-bond donors (Lipinski definition) is 7. The van der Waals surface area contributed by atoms with Crippen LogP contribution in [0.25, 0.3) is 0 Å². The molecule has 1 rings (SSSR count). The third kappa shape index (κ3) is 35.2. The predicted molar refractivity (Wildman–Crippen MR) is 274 cm³/mol. The molecule has 0 aliphatic carbocycles. The van der Waals surface area contributed by atoms with Crippen molar-refractivity contribution in [3.05, 3.63) is 48.6 Å². The van der Waals surface area contributed by atoms with Gasteiger partial charge in [0.1, 0.15) is 30.5 Å². The fourth-order valence-electron chi connectivity index (χ4n) is 8.40. The maximum absolute atomic E-state index is 13.1. The van der Waals surface area contributed by atoms with Crippen LogP contribution in [0.4, 0.5) is 0 Å². The molecule has 0 spiro atoms. The number of carbonyl (C=O) groups is 1. The average molecular weight is 986 g/mol. The summed E-state index contributed by atoms with van der Waals surface area (Å²) in [4.78, 5) is 13.1.